The van der Waals surface area contributed by atoms with E-state index >= 15 is 0 Å². The summed E-state index contributed by atoms with van der Waals surface area (Å²) in [7, 11) is 1.64. The third-order valence-corrected chi connectivity index (χ3v) is 1.65. The third-order valence-electron chi connectivity index (χ3n) is 1.65. The molecule has 2 N–H and O–H groups in total. The quantitative estimate of drug-likeness (QED) is 0.674. The van der Waals surface area contributed by atoms with E-state index in [-0.39, 0.29) is 0 Å². The normalized spacial score (nSPS) is 10.6. The fourth-order valence-corrected chi connectivity index (χ4v) is 0.960. The number of hydrogen-bond acceptors (Lipinski definition) is 4. The minimum atomic E-state index is 0.423. The van der Waals surface area contributed by atoms with E-state index in [1.807, 2.05) is 6.92 Å². The standard InChI is InChI=1S/C8H15N3O2/c1-7-5-8(9)10-11(7)6-13-4-3-12-2/h5H,3-4,6H2,1-2H3,(H2,9,10). The van der Waals surface area contributed by atoms with Crippen LogP contribution in [0.3, 0.4) is 0 Å². The van der Waals surface area contributed by atoms with Crippen molar-refractivity contribution in [2.75, 3.05) is 26.1 Å². The Kier molecular flexibility index (Phi) is 3.72. The fourth-order valence-electron chi connectivity index (χ4n) is 0.960. The van der Waals surface area contributed by atoms with Crippen LogP contribution < -0.4 is 5.73 Å². The molecule has 0 saturated carbocycles. The van der Waals surface area contributed by atoms with Crippen molar-refractivity contribution in [1.29, 1.82) is 0 Å². The number of nitrogens with two attached hydrogens (primary N) is 1. The van der Waals surface area contributed by atoms with Gasteiger partial charge in [0.25, 0.3) is 0 Å². The molecular formula is C8H15N3O2. The summed E-state index contributed by atoms with van der Waals surface area (Å²) in [4.78, 5) is 0. The Bertz CT molecular complexity index is 260. The number of methoxy groups -OCH3 is 1. The molecule has 0 saturated heterocycles. The number of rotatable bonds is 5. The number of anilines is 1. The molecule has 1 aromatic heterocycles. The Morgan fingerprint density at radius 2 is 2.31 bits per heavy atom. The van der Waals surface area contributed by atoms with Crippen LogP contribution in [-0.2, 0) is 16.2 Å². The van der Waals surface area contributed by atoms with Gasteiger partial charge in [-0.1, -0.05) is 0 Å². The maximum Gasteiger partial charge on any atom is 0.145 e. The van der Waals surface area contributed by atoms with Crippen molar-refractivity contribution in [3.05, 3.63) is 11.8 Å². The Morgan fingerprint density at radius 1 is 1.54 bits per heavy atom. The first-order chi connectivity index (χ1) is 6.24. The van der Waals surface area contributed by atoms with Gasteiger partial charge in [-0.15, -0.1) is 0 Å². The van der Waals surface area contributed by atoms with Gasteiger partial charge in [-0.2, -0.15) is 5.10 Å². The molecule has 0 spiro atoms. The summed E-state index contributed by atoms with van der Waals surface area (Å²) < 4.78 is 11.8. The van der Waals surface area contributed by atoms with Crippen LogP contribution in [0.4, 0.5) is 5.82 Å². The highest BCUT2D eigenvalue weighted by Crippen LogP contribution is 2.03. The molecular weight excluding hydrogens is 170 g/mol. The molecule has 0 unspecified atom stereocenters. The molecule has 5 heteroatoms. The lowest BCUT2D eigenvalue weighted by molar-refractivity contribution is 0.0281. The Morgan fingerprint density at radius 3 is 2.85 bits per heavy atom. The van der Waals surface area contributed by atoms with E-state index in [1.54, 1.807) is 17.9 Å². The highest BCUT2D eigenvalue weighted by molar-refractivity contribution is 5.28. The molecule has 1 rings (SSSR count). The third kappa shape index (κ3) is 3.04. The largest absolute Gasteiger partial charge is 0.382 e. The average Bonchev–Trinajstić information content (AvgIpc) is 2.39. The van der Waals surface area contributed by atoms with Crippen molar-refractivity contribution in [1.82, 2.24) is 9.78 Å². The molecule has 74 valence electrons. The molecule has 0 aliphatic rings. The molecule has 0 aliphatic carbocycles. The second kappa shape index (κ2) is 4.84. The fraction of sp³-hybridized carbons (Fsp3) is 0.625. The van der Waals surface area contributed by atoms with Crippen LogP contribution in [0.2, 0.25) is 0 Å². The molecule has 0 fully saturated rings. The number of aryl methyl sites for hydroxylation is 1. The smallest absolute Gasteiger partial charge is 0.145 e. The zero-order valence-corrected chi connectivity index (χ0v) is 7.99. The van der Waals surface area contributed by atoms with Gasteiger partial charge in [0.05, 0.1) is 13.2 Å². The van der Waals surface area contributed by atoms with Gasteiger partial charge >= 0.3 is 0 Å². The summed E-state index contributed by atoms with van der Waals surface area (Å²) in [6.07, 6.45) is 0. The monoisotopic (exact) mass is 185 g/mol. The molecule has 0 aromatic carbocycles. The Hall–Kier alpha value is -1.07. The van der Waals surface area contributed by atoms with Gasteiger partial charge < -0.3 is 15.2 Å². The van der Waals surface area contributed by atoms with Crippen LogP contribution in [0.1, 0.15) is 5.69 Å². The van der Waals surface area contributed by atoms with Crippen LogP contribution in [0.15, 0.2) is 6.07 Å². The number of aromatic nitrogens is 2. The second-order valence-corrected chi connectivity index (χ2v) is 2.74. The minimum absolute atomic E-state index is 0.423. The van der Waals surface area contributed by atoms with Gasteiger partial charge in [-0.25, -0.2) is 4.68 Å². The summed E-state index contributed by atoms with van der Waals surface area (Å²) in [5, 5.41) is 4.04. The first-order valence-corrected chi connectivity index (χ1v) is 4.10. The maximum absolute atomic E-state index is 5.50. The molecule has 0 amide bonds. The highest BCUT2D eigenvalue weighted by atomic mass is 16.5. The summed E-state index contributed by atoms with van der Waals surface area (Å²) in [5.74, 6) is 0.521. The molecule has 1 aromatic rings. The topological polar surface area (TPSA) is 62.3 Å². The lowest BCUT2D eigenvalue weighted by atomic mass is 10.5. The molecule has 0 bridgehead atoms. The number of hydrogen-bond donors (Lipinski definition) is 1. The van der Waals surface area contributed by atoms with Crippen molar-refractivity contribution in [2.45, 2.75) is 13.7 Å². The van der Waals surface area contributed by atoms with Gasteiger partial charge in [-0.05, 0) is 6.92 Å². The van der Waals surface area contributed by atoms with E-state index in [0.717, 1.165) is 5.69 Å². The molecule has 0 aliphatic heterocycles. The van der Waals surface area contributed by atoms with E-state index in [1.165, 1.54) is 0 Å². The first-order valence-electron chi connectivity index (χ1n) is 4.10. The van der Waals surface area contributed by atoms with Gasteiger partial charge in [0, 0.05) is 18.9 Å². The Labute approximate surface area is 77.4 Å². The SMILES string of the molecule is COCCOCn1nc(N)cc1C. The van der Waals surface area contributed by atoms with Crippen LogP contribution in [0, 0.1) is 6.92 Å². The summed E-state index contributed by atoms with van der Waals surface area (Å²) in [6.45, 7) is 3.51. The predicted octanol–water partition coefficient (Wildman–Crippen LogP) is 0.394. The van der Waals surface area contributed by atoms with E-state index in [0.29, 0.717) is 25.8 Å². The van der Waals surface area contributed by atoms with Crippen molar-refractivity contribution in [2.24, 2.45) is 0 Å². The predicted molar refractivity (Wildman–Crippen MR) is 49.2 cm³/mol. The molecule has 5 nitrogen and oxygen atoms in total. The van der Waals surface area contributed by atoms with Gasteiger partial charge in [0.1, 0.15) is 12.5 Å². The number of nitrogens with zero attached hydrogens (tertiary/aromatic N) is 2. The average molecular weight is 185 g/mol. The van der Waals surface area contributed by atoms with Gasteiger partial charge in [0.2, 0.25) is 0 Å². The minimum Gasteiger partial charge on any atom is -0.382 e. The lowest BCUT2D eigenvalue weighted by Crippen LogP contribution is -2.09. The van der Waals surface area contributed by atoms with Crippen LogP contribution in [0.25, 0.3) is 0 Å². The van der Waals surface area contributed by atoms with Crippen LogP contribution >= 0.6 is 0 Å². The summed E-state index contributed by atoms with van der Waals surface area (Å²) in [5.41, 5.74) is 6.49. The van der Waals surface area contributed by atoms with E-state index in [9.17, 15) is 0 Å². The molecule has 13 heavy (non-hydrogen) atoms. The summed E-state index contributed by atoms with van der Waals surface area (Å²) in [6, 6.07) is 1.81. The van der Waals surface area contributed by atoms with Crippen molar-refractivity contribution in [3.63, 3.8) is 0 Å². The highest BCUT2D eigenvalue weighted by Gasteiger charge is 1.99. The number of nitrogen functional groups attached to an aromatic ring is 1. The first kappa shape index (κ1) is 10.0. The summed E-state index contributed by atoms with van der Waals surface area (Å²) >= 11 is 0. The zero-order chi connectivity index (χ0) is 9.68. The number of ether oxygens (including phenoxy) is 2. The second-order valence-electron chi connectivity index (χ2n) is 2.74. The van der Waals surface area contributed by atoms with Crippen LogP contribution in [0.5, 0.6) is 0 Å². The van der Waals surface area contributed by atoms with Gasteiger partial charge in [0.15, 0.2) is 0 Å². The zero-order valence-electron chi connectivity index (χ0n) is 7.99. The molecule has 0 atom stereocenters. The van der Waals surface area contributed by atoms with Crippen molar-refractivity contribution >= 4 is 5.82 Å². The van der Waals surface area contributed by atoms with E-state index in [4.69, 9.17) is 15.2 Å². The lowest BCUT2D eigenvalue weighted by Gasteiger charge is -2.04. The molecule has 0 radical (unpaired) electrons. The maximum atomic E-state index is 5.50. The molecule has 1 heterocycles. The van der Waals surface area contributed by atoms with Crippen molar-refractivity contribution < 1.29 is 9.47 Å². The Balaban J connectivity index is 2.32. The van der Waals surface area contributed by atoms with Gasteiger partial charge in [-0.3, -0.25) is 0 Å². The van der Waals surface area contributed by atoms with Crippen LogP contribution in [-0.4, -0.2) is 30.1 Å². The van der Waals surface area contributed by atoms with E-state index in [2.05, 4.69) is 5.10 Å². The van der Waals surface area contributed by atoms with E-state index < -0.39 is 0 Å². The van der Waals surface area contributed by atoms with Crippen molar-refractivity contribution in [3.8, 4) is 0 Å².